The average Bonchev–Trinajstić information content (AvgIpc) is 3.67. The molecular formula is C25H34N8O2. The average molecular weight is 479 g/mol. The number of hydrogen-bond acceptors (Lipinski definition) is 7. The lowest BCUT2D eigenvalue weighted by molar-refractivity contribution is -0.144. The quantitative estimate of drug-likeness (QED) is 0.679. The number of aromatic nitrogens is 4. The number of amides is 2. The third kappa shape index (κ3) is 4.23. The van der Waals surface area contributed by atoms with Crippen molar-refractivity contribution in [3.8, 4) is 0 Å². The minimum absolute atomic E-state index is 0.00890. The van der Waals surface area contributed by atoms with Crippen molar-refractivity contribution >= 4 is 29.4 Å². The second-order valence-corrected chi connectivity index (χ2v) is 10.4. The van der Waals surface area contributed by atoms with Crippen molar-refractivity contribution in [3.05, 3.63) is 23.0 Å². The van der Waals surface area contributed by atoms with E-state index in [-0.39, 0.29) is 24.4 Å². The molecule has 2 saturated heterocycles. The topological polar surface area (TPSA) is 110 Å². The summed E-state index contributed by atoms with van der Waals surface area (Å²) in [4.78, 5) is 40.9. The van der Waals surface area contributed by atoms with Crippen LogP contribution in [0.1, 0.15) is 67.8 Å². The molecule has 35 heavy (non-hydrogen) atoms. The van der Waals surface area contributed by atoms with Gasteiger partial charge in [0.05, 0.1) is 12.2 Å². The molecule has 0 bridgehead atoms. The van der Waals surface area contributed by atoms with Crippen LogP contribution in [0.2, 0.25) is 0 Å². The van der Waals surface area contributed by atoms with Crippen LogP contribution >= 0.6 is 0 Å². The number of aryl methyl sites for hydroxylation is 1. The van der Waals surface area contributed by atoms with Crippen LogP contribution in [0.15, 0.2) is 6.07 Å². The molecule has 10 heteroatoms. The zero-order valence-corrected chi connectivity index (χ0v) is 20.4. The van der Waals surface area contributed by atoms with Gasteiger partial charge in [0, 0.05) is 49.9 Å². The molecule has 4 aliphatic rings. The van der Waals surface area contributed by atoms with Crippen LogP contribution in [0.3, 0.4) is 0 Å². The van der Waals surface area contributed by atoms with Crippen LogP contribution < -0.4 is 10.2 Å². The lowest BCUT2D eigenvalue weighted by Gasteiger charge is -2.35. The van der Waals surface area contributed by atoms with Gasteiger partial charge in [-0.25, -0.2) is 4.98 Å². The van der Waals surface area contributed by atoms with E-state index in [2.05, 4.69) is 21.6 Å². The minimum atomic E-state index is -0.321. The molecule has 2 aromatic heterocycles. The van der Waals surface area contributed by atoms with Crippen molar-refractivity contribution in [2.45, 2.75) is 69.7 Å². The first kappa shape index (κ1) is 22.3. The van der Waals surface area contributed by atoms with E-state index in [9.17, 15) is 9.59 Å². The first-order chi connectivity index (χ1) is 17.1. The lowest BCUT2D eigenvalue weighted by Crippen LogP contribution is -2.55. The first-order valence-electron chi connectivity index (χ1n) is 13.1. The molecule has 0 spiro atoms. The summed E-state index contributed by atoms with van der Waals surface area (Å²) in [5, 5.41) is 11.2. The van der Waals surface area contributed by atoms with Crippen molar-refractivity contribution in [3.63, 3.8) is 0 Å². The molecule has 10 nitrogen and oxygen atoms in total. The number of likely N-dealkylation sites (N-methyl/N-ethyl adjacent to an activating group) is 1. The van der Waals surface area contributed by atoms with Crippen LogP contribution in [-0.4, -0.2) is 81.0 Å². The van der Waals surface area contributed by atoms with Crippen LogP contribution in [0, 0.1) is 0 Å². The summed E-state index contributed by atoms with van der Waals surface area (Å²) < 4.78 is 0. The Balaban J connectivity index is 1.24. The number of carbonyl (C=O) groups is 2. The van der Waals surface area contributed by atoms with E-state index in [1.165, 1.54) is 31.4 Å². The van der Waals surface area contributed by atoms with E-state index in [4.69, 9.17) is 9.97 Å². The van der Waals surface area contributed by atoms with E-state index >= 15 is 0 Å². The molecule has 2 amide bonds. The first-order valence-corrected chi connectivity index (χ1v) is 13.1. The van der Waals surface area contributed by atoms with Gasteiger partial charge in [-0.05, 0) is 44.9 Å². The molecule has 3 fully saturated rings. The van der Waals surface area contributed by atoms with Crippen molar-refractivity contribution in [1.29, 1.82) is 0 Å². The Kier molecular flexibility index (Phi) is 5.82. The fraction of sp³-hybridized carbons (Fsp3) is 0.640. The number of fused-ring (bicyclic) bond motifs is 1. The predicted octanol–water partition coefficient (Wildman–Crippen LogP) is 2.36. The Labute approximate surface area is 205 Å². The van der Waals surface area contributed by atoms with Gasteiger partial charge >= 0.3 is 0 Å². The SMILES string of the molecule is CN1CCN(C(=O)[C@H]2CCCN2c2nc3c(c(Nc4cc(C5CCCC5)[nH]n4)n2)CCC3)CC1=O. The van der Waals surface area contributed by atoms with Gasteiger partial charge in [-0.3, -0.25) is 14.7 Å². The molecule has 2 aromatic rings. The van der Waals surface area contributed by atoms with Crippen LogP contribution in [-0.2, 0) is 22.4 Å². The Morgan fingerprint density at radius 1 is 1.06 bits per heavy atom. The second kappa shape index (κ2) is 9.13. The van der Waals surface area contributed by atoms with Gasteiger partial charge in [0.1, 0.15) is 11.9 Å². The standard InChI is InChI=1S/C25H34N8O2/c1-31-12-13-32(15-22(31)34)24(35)20-10-5-11-33(20)25-26-18-9-4-8-17(18)23(28-25)27-21-14-19(29-30-21)16-6-2-3-7-16/h14,16,20H,2-13,15H2,1H3,(H2,26,27,28,29,30)/t20-/m1/s1. The maximum absolute atomic E-state index is 13.4. The normalized spacial score (nSPS) is 22.8. The molecule has 4 heterocycles. The molecule has 2 aliphatic heterocycles. The van der Waals surface area contributed by atoms with Gasteiger partial charge in [0.25, 0.3) is 0 Å². The summed E-state index contributed by atoms with van der Waals surface area (Å²) in [6.07, 6.45) is 9.60. The molecule has 1 atom stereocenters. The molecule has 2 aliphatic carbocycles. The predicted molar refractivity (Wildman–Crippen MR) is 132 cm³/mol. The molecule has 6 rings (SSSR count). The van der Waals surface area contributed by atoms with Crippen molar-refractivity contribution < 1.29 is 9.59 Å². The van der Waals surface area contributed by atoms with E-state index in [1.807, 2.05) is 4.90 Å². The number of rotatable bonds is 5. The van der Waals surface area contributed by atoms with E-state index in [0.717, 1.165) is 61.5 Å². The number of H-pyrrole nitrogens is 1. The Morgan fingerprint density at radius 2 is 1.91 bits per heavy atom. The highest BCUT2D eigenvalue weighted by molar-refractivity contribution is 5.90. The van der Waals surface area contributed by atoms with Crippen LogP contribution in [0.5, 0.6) is 0 Å². The van der Waals surface area contributed by atoms with Crippen LogP contribution in [0.4, 0.5) is 17.6 Å². The van der Waals surface area contributed by atoms with Gasteiger partial charge in [-0.1, -0.05) is 12.8 Å². The maximum atomic E-state index is 13.4. The fourth-order valence-corrected chi connectivity index (χ4v) is 6.04. The monoisotopic (exact) mass is 478 g/mol. The highest BCUT2D eigenvalue weighted by Gasteiger charge is 2.38. The number of carbonyl (C=O) groups excluding carboxylic acids is 2. The van der Waals surface area contributed by atoms with Gasteiger partial charge in [0.15, 0.2) is 5.82 Å². The van der Waals surface area contributed by atoms with Crippen molar-refractivity contribution in [2.24, 2.45) is 0 Å². The van der Waals surface area contributed by atoms with Gasteiger partial charge in [-0.2, -0.15) is 10.1 Å². The summed E-state index contributed by atoms with van der Waals surface area (Å²) in [6, 6.07) is 1.80. The fourth-order valence-electron chi connectivity index (χ4n) is 6.04. The number of piperazine rings is 1. The van der Waals surface area contributed by atoms with Crippen molar-refractivity contribution in [2.75, 3.05) is 43.4 Å². The van der Waals surface area contributed by atoms with Gasteiger partial charge in [-0.15, -0.1) is 0 Å². The number of nitrogens with zero attached hydrogens (tertiary/aromatic N) is 6. The minimum Gasteiger partial charge on any atom is -0.342 e. The molecule has 186 valence electrons. The highest BCUT2D eigenvalue weighted by atomic mass is 16.2. The highest BCUT2D eigenvalue weighted by Crippen LogP contribution is 2.36. The molecule has 2 N–H and O–H groups in total. The zero-order chi connectivity index (χ0) is 23.9. The maximum Gasteiger partial charge on any atom is 0.245 e. The Hall–Kier alpha value is -3.17. The third-order valence-electron chi connectivity index (χ3n) is 8.12. The summed E-state index contributed by atoms with van der Waals surface area (Å²) in [5.41, 5.74) is 3.42. The zero-order valence-electron chi connectivity index (χ0n) is 20.4. The number of aromatic amines is 1. The molecule has 0 aromatic carbocycles. The van der Waals surface area contributed by atoms with Gasteiger partial charge < -0.3 is 20.0 Å². The van der Waals surface area contributed by atoms with E-state index in [1.54, 1.807) is 16.8 Å². The second-order valence-electron chi connectivity index (χ2n) is 10.4. The van der Waals surface area contributed by atoms with Crippen molar-refractivity contribution in [1.82, 2.24) is 30.0 Å². The molecule has 0 unspecified atom stereocenters. The largest absolute Gasteiger partial charge is 0.342 e. The van der Waals surface area contributed by atoms with E-state index in [0.29, 0.717) is 25.0 Å². The molecule has 0 radical (unpaired) electrons. The summed E-state index contributed by atoms with van der Waals surface area (Å²) in [6.45, 7) is 2.05. The van der Waals surface area contributed by atoms with Crippen LogP contribution in [0.25, 0.3) is 0 Å². The lowest BCUT2D eigenvalue weighted by atomic mass is 10.0. The smallest absolute Gasteiger partial charge is 0.245 e. The number of anilines is 3. The molecular weight excluding hydrogens is 444 g/mol. The summed E-state index contributed by atoms with van der Waals surface area (Å²) >= 11 is 0. The number of hydrogen-bond donors (Lipinski definition) is 2. The summed E-state index contributed by atoms with van der Waals surface area (Å²) in [7, 11) is 1.79. The number of nitrogens with one attached hydrogen (secondary N) is 2. The molecule has 1 saturated carbocycles. The third-order valence-corrected chi connectivity index (χ3v) is 8.12. The van der Waals surface area contributed by atoms with Gasteiger partial charge in [0.2, 0.25) is 17.8 Å². The Bertz CT molecular complexity index is 1120. The summed E-state index contributed by atoms with van der Waals surface area (Å²) in [5.74, 6) is 2.77. The van der Waals surface area contributed by atoms with E-state index < -0.39 is 0 Å². The Morgan fingerprint density at radius 3 is 2.74 bits per heavy atom.